The summed E-state index contributed by atoms with van der Waals surface area (Å²) in [6.45, 7) is 4.14. The minimum absolute atomic E-state index is 0.145. The maximum absolute atomic E-state index is 9.18. The molecular formula is C16H34OS. The predicted molar refractivity (Wildman–Crippen MR) is 85.5 cm³/mol. The van der Waals surface area contributed by atoms with E-state index in [0.717, 1.165) is 19.3 Å². The van der Waals surface area contributed by atoms with Crippen LogP contribution in [-0.4, -0.2) is 16.5 Å². The number of rotatable bonds is 13. The van der Waals surface area contributed by atoms with Crippen LogP contribution in [0.2, 0.25) is 0 Å². The lowest BCUT2D eigenvalue weighted by Gasteiger charge is -2.11. The molecule has 0 aromatic carbocycles. The standard InChI is InChI=1S/C16H34OS/c1-3-4-5-6-7-8-9-10-13-16(18)14-11-12-15(2)17/h15-18H,3-14H2,1-2H3. The second kappa shape index (κ2) is 13.7. The third kappa shape index (κ3) is 14.4. The van der Waals surface area contributed by atoms with Crippen molar-refractivity contribution in [3.05, 3.63) is 0 Å². The fourth-order valence-corrected chi connectivity index (χ4v) is 2.67. The molecule has 2 heteroatoms. The maximum Gasteiger partial charge on any atom is 0.0512 e. The predicted octanol–water partition coefficient (Wildman–Crippen LogP) is 5.37. The molecule has 0 bridgehead atoms. The molecule has 110 valence electrons. The molecule has 1 nitrogen and oxygen atoms in total. The second-order valence-corrected chi connectivity index (χ2v) is 6.43. The highest BCUT2D eigenvalue weighted by molar-refractivity contribution is 7.80. The zero-order valence-electron chi connectivity index (χ0n) is 12.5. The topological polar surface area (TPSA) is 20.2 Å². The molecule has 0 aromatic heterocycles. The number of hydrogen-bond acceptors (Lipinski definition) is 2. The van der Waals surface area contributed by atoms with Crippen LogP contribution in [0, 0.1) is 0 Å². The van der Waals surface area contributed by atoms with Gasteiger partial charge in [0.2, 0.25) is 0 Å². The van der Waals surface area contributed by atoms with Crippen molar-refractivity contribution >= 4 is 12.6 Å². The van der Waals surface area contributed by atoms with Crippen LogP contribution in [0.5, 0.6) is 0 Å². The summed E-state index contributed by atoms with van der Waals surface area (Å²) in [5.74, 6) is 0. The Labute approximate surface area is 120 Å². The minimum Gasteiger partial charge on any atom is -0.393 e. The van der Waals surface area contributed by atoms with Gasteiger partial charge in [-0.1, -0.05) is 58.3 Å². The maximum atomic E-state index is 9.18. The summed E-state index contributed by atoms with van der Waals surface area (Å²) < 4.78 is 0. The van der Waals surface area contributed by atoms with Crippen molar-refractivity contribution in [1.82, 2.24) is 0 Å². The Hall–Kier alpha value is 0.310. The number of thiol groups is 1. The van der Waals surface area contributed by atoms with Crippen molar-refractivity contribution in [2.24, 2.45) is 0 Å². The van der Waals surface area contributed by atoms with Crippen LogP contribution in [0.25, 0.3) is 0 Å². The summed E-state index contributed by atoms with van der Waals surface area (Å²) >= 11 is 4.62. The Balaban J connectivity index is 3.12. The monoisotopic (exact) mass is 274 g/mol. The molecule has 0 spiro atoms. The number of hydrogen-bond donors (Lipinski definition) is 2. The van der Waals surface area contributed by atoms with Gasteiger partial charge in [-0.2, -0.15) is 12.6 Å². The Bertz CT molecular complexity index is 159. The van der Waals surface area contributed by atoms with Crippen LogP contribution in [0.4, 0.5) is 0 Å². The molecule has 0 aliphatic heterocycles. The first-order valence-corrected chi connectivity index (χ1v) is 8.54. The van der Waals surface area contributed by atoms with E-state index in [1.807, 2.05) is 6.92 Å². The summed E-state index contributed by atoms with van der Waals surface area (Å²) in [6, 6.07) is 0. The average Bonchev–Trinajstić information content (AvgIpc) is 2.32. The van der Waals surface area contributed by atoms with Crippen LogP contribution >= 0.6 is 12.6 Å². The van der Waals surface area contributed by atoms with Gasteiger partial charge < -0.3 is 5.11 Å². The zero-order valence-corrected chi connectivity index (χ0v) is 13.4. The molecule has 0 aliphatic rings. The summed E-state index contributed by atoms with van der Waals surface area (Å²) in [4.78, 5) is 0. The van der Waals surface area contributed by atoms with E-state index in [9.17, 15) is 5.11 Å². The highest BCUT2D eigenvalue weighted by atomic mass is 32.1. The minimum atomic E-state index is -0.145. The fraction of sp³-hybridized carbons (Fsp3) is 1.00. The van der Waals surface area contributed by atoms with Gasteiger partial charge in [0.1, 0.15) is 0 Å². The van der Waals surface area contributed by atoms with Crippen molar-refractivity contribution in [3.63, 3.8) is 0 Å². The van der Waals surface area contributed by atoms with E-state index in [1.165, 1.54) is 57.8 Å². The van der Waals surface area contributed by atoms with E-state index in [0.29, 0.717) is 5.25 Å². The van der Waals surface area contributed by atoms with Gasteiger partial charge in [-0.3, -0.25) is 0 Å². The van der Waals surface area contributed by atoms with Crippen LogP contribution in [0.1, 0.15) is 90.9 Å². The molecule has 0 saturated carbocycles. The summed E-state index contributed by atoms with van der Waals surface area (Å²) in [7, 11) is 0. The number of unbranched alkanes of at least 4 members (excludes halogenated alkanes) is 7. The van der Waals surface area contributed by atoms with Crippen molar-refractivity contribution in [2.45, 2.75) is 102 Å². The van der Waals surface area contributed by atoms with E-state index in [4.69, 9.17) is 0 Å². The van der Waals surface area contributed by atoms with Gasteiger partial charge in [0.25, 0.3) is 0 Å². The zero-order chi connectivity index (χ0) is 13.6. The molecule has 2 atom stereocenters. The van der Waals surface area contributed by atoms with Crippen LogP contribution < -0.4 is 0 Å². The van der Waals surface area contributed by atoms with E-state index < -0.39 is 0 Å². The molecule has 0 amide bonds. The van der Waals surface area contributed by atoms with Crippen molar-refractivity contribution in [2.75, 3.05) is 0 Å². The number of aliphatic hydroxyl groups is 1. The molecule has 0 aliphatic carbocycles. The third-order valence-corrected chi connectivity index (χ3v) is 4.07. The van der Waals surface area contributed by atoms with Gasteiger partial charge in [0, 0.05) is 5.25 Å². The first-order valence-electron chi connectivity index (χ1n) is 8.03. The van der Waals surface area contributed by atoms with Crippen molar-refractivity contribution < 1.29 is 5.11 Å². The van der Waals surface area contributed by atoms with Gasteiger partial charge in [0.05, 0.1) is 6.10 Å². The Kier molecular flexibility index (Phi) is 14.0. The van der Waals surface area contributed by atoms with Crippen LogP contribution in [-0.2, 0) is 0 Å². The first kappa shape index (κ1) is 18.3. The molecule has 0 rings (SSSR count). The number of aliphatic hydroxyl groups excluding tert-OH is 1. The highest BCUT2D eigenvalue weighted by Crippen LogP contribution is 2.17. The Morgan fingerprint density at radius 2 is 1.28 bits per heavy atom. The second-order valence-electron chi connectivity index (χ2n) is 5.70. The van der Waals surface area contributed by atoms with Gasteiger partial charge in [-0.25, -0.2) is 0 Å². The van der Waals surface area contributed by atoms with E-state index in [2.05, 4.69) is 19.6 Å². The van der Waals surface area contributed by atoms with Crippen molar-refractivity contribution in [3.8, 4) is 0 Å². The lowest BCUT2D eigenvalue weighted by atomic mass is 10.0. The molecule has 1 N–H and O–H groups in total. The summed E-state index contributed by atoms with van der Waals surface area (Å²) in [5.41, 5.74) is 0. The molecule has 2 unspecified atom stereocenters. The lowest BCUT2D eigenvalue weighted by Crippen LogP contribution is -2.03. The smallest absolute Gasteiger partial charge is 0.0512 e. The molecule has 18 heavy (non-hydrogen) atoms. The highest BCUT2D eigenvalue weighted by Gasteiger charge is 2.04. The molecule has 0 aromatic rings. The molecule has 0 radical (unpaired) electrons. The summed E-state index contributed by atoms with van der Waals surface area (Å²) in [5, 5.41) is 9.72. The van der Waals surface area contributed by atoms with E-state index in [1.54, 1.807) is 0 Å². The quantitative estimate of drug-likeness (QED) is 0.342. The van der Waals surface area contributed by atoms with Gasteiger partial charge in [-0.15, -0.1) is 0 Å². The Morgan fingerprint density at radius 1 is 0.778 bits per heavy atom. The van der Waals surface area contributed by atoms with Gasteiger partial charge in [-0.05, 0) is 32.6 Å². The fourth-order valence-electron chi connectivity index (χ4n) is 2.31. The van der Waals surface area contributed by atoms with Gasteiger partial charge >= 0.3 is 0 Å². The Morgan fingerprint density at radius 3 is 1.83 bits per heavy atom. The third-order valence-electron chi connectivity index (χ3n) is 3.55. The van der Waals surface area contributed by atoms with Crippen LogP contribution in [0.15, 0.2) is 0 Å². The lowest BCUT2D eigenvalue weighted by molar-refractivity contribution is 0.180. The normalized spacial score (nSPS) is 14.7. The van der Waals surface area contributed by atoms with Gasteiger partial charge in [0.15, 0.2) is 0 Å². The SMILES string of the molecule is CCCCCCCCCCC(S)CCCC(C)O. The molecule has 0 heterocycles. The first-order chi connectivity index (χ1) is 8.66. The van der Waals surface area contributed by atoms with E-state index in [-0.39, 0.29) is 6.10 Å². The molecule has 0 saturated heterocycles. The average molecular weight is 275 g/mol. The molecule has 0 fully saturated rings. The summed E-state index contributed by atoms with van der Waals surface area (Å²) in [6.07, 6.45) is 15.4. The van der Waals surface area contributed by atoms with Crippen molar-refractivity contribution in [1.29, 1.82) is 0 Å². The van der Waals surface area contributed by atoms with E-state index >= 15 is 0 Å². The largest absolute Gasteiger partial charge is 0.393 e. The molecular weight excluding hydrogens is 240 g/mol. The van der Waals surface area contributed by atoms with Crippen LogP contribution in [0.3, 0.4) is 0 Å².